The van der Waals surface area contributed by atoms with Crippen molar-refractivity contribution >= 4 is 24.3 Å². The Bertz CT molecular complexity index is 178. The maximum absolute atomic E-state index is 10.2. The molecule has 0 aromatic carbocycles. The van der Waals surface area contributed by atoms with E-state index in [-0.39, 0.29) is 23.8 Å². The Labute approximate surface area is 88.1 Å². The summed E-state index contributed by atoms with van der Waals surface area (Å²) in [4.78, 5) is 10.2. The number of carboxylic acid groups (broad SMARTS) is 1. The molecule has 0 saturated heterocycles. The van der Waals surface area contributed by atoms with E-state index in [9.17, 15) is 4.79 Å². The maximum Gasteiger partial charge on any atom is 0.320 e. The van der Waals surface area contributed by atoms with Crippen LogP contribution in [0.4, 0.5) is 0 Å². The summed E-state index contributed by atoms with van der Waals surface area (Å²) < 4.78 is 0. The van der Waals surface area contributed by atoms with Crippen LogP contribution in [0, 0.1) is 5.41 Å². The number of aliphatic carboxylic acids is 1. The quantitative estimate of drug-likeness (QED) is 0.214. The van der Waals surface area contributed by atoms with E-state index >= 15 is 0 Å². The van der Waals surface area contributed by atoms with E-state index in [1.165, 1.54) is 0 Å². The Morgan fingerprint density at radius 1 is 1.57 bits per heavy atom. The molecule has 0 saturated carbocycles. The Morgan fingerprint density at radius 3 is 2.43 bits per heavy atom. The summed E-state index contributed by atoms with van der Waals surface area (Å²) in [6.07, 6.45) is 0.975. The van der Waals surface area contributed by atoms with Crippen molar-refractivity contribution < 1.29 is 15.4 Å². The number of nitrogens with two attached hydrogens (primary N) is 2. The zero-order chi connectivity index (χ0) is 9.56. The lowest BCUT2D eigenvalue weighted by atomic mass is 10.2. The lowest BCUT2D eigenvalue weighted by Crippen LogP contribution is -2.34. The van der Waals surface area contributed by atoms with E-state index in [0.29, 0.717) is 19.4 Å². The molecule has 0 bridgehead atoms. The molecule has 9 N–H and O–H groups in total. The van der Waals surface area contributed by atoms with Crippen molar-refractivity contribution in [3.05, 3.63) is 0 Å². The van der Waals surface area contributed by atoms with Gasteiger partial charge in [-0.3, -0.25) is 10.2 Å². The van der Waals surface area contributed by atoms with Gasteiger partial charge in [0.1, 0.15) is 6.04 Å². The summed E-state index contributed by atoms with van der Waals surface area (Å²) in [5.74, 6) is -1.11. The molecule has 0 aliphatic carbocycles. The molecule has 86 valence electrons. The second kappa shape index (κ2) is 10.0. The highest BCUT2D eigenvalue weighted by Gasteiger charge is 2.09. The molecule has 0 aliphatic rings. The molecule has 0 spiro atoms. The van der Waals surface area contributed by atoms with Gasteiger partial charge in [0.25, 0.3) is 0 Å². The van der Waals surface area contributed by atoms with Gasteiger partial charge in [0.15, 0.2) is 5.96 Å². The molecule has 0 heterocycles. The first-order valence-electron chi connectivity index (χ1n) is 3.60. The number of nitrogens with one attached hydrogen (secondary N) is 2. The first kappa shape index (κ1) is 18.7. The molecule has 7 nitrogen and oxygen atoms in total. The van der Waals surface area contributed by atoms with E-state index in [1.807, 2.05) is 0 Å². The first-order chi connectivity index (χ1) is 5.54. The standard InChI is InChI=1S/C6H14N4O2.ClH.H2O/c7-4(5(11)12)2-1-3-10-6(8)9;;/h4H,1-3,7H2,(H,11,12)(H4,8,9,10);1H;1H2/t4-;;/m0../s1. The van der Waals surface area contributed by atoms with Crippen LogP contribution in [0.1, 0.15) is 12.8 Å². The third kappa shape index (κ3) is 11.0. The lowest BCUT2D eigenvalue weighted by Gasteiger charge is -2.06. The predicted molar refractivity (Wildman–Crippen MR) is 55.6 cm³/mol. The highest BCUT2D eigenvalue weighted by molar-refractivity contribution is 5.85. The Hall–Kier alpha value is -1.05. The average molecular weight is 229 g/mol. The molecule has 8 heteroatoms. The van der Waals surface area contributed by atoms with E-state index in [4.69, 9.17) is 22.0 Å². The van der Waals surface area contributed by atoms with E-state index in [0.717, 1.165) is 0 Å². The Morgan fingerprint density at radius 2 is 2.07 bits per heavy atom. The van der Waals surface area contributed by atoms with E-state index < -0.39 is 12.0 Å². The Kier molecular flexibility index (Phi) is 13.4. The van der Waals surface area contributed by atoms with Crippen LogP contribution in [0.3, 0.4) is 0 Å². The van der Waals surface area contributed by atoms with Gasteiger partial charge < -0.3 is 27.4 Å². The molecule has 0 rings (SSSR count). The summed E-state index contributed by atoms with van der Waals surface area (Å²) in [5.41, 5.74) is 10.2. The van der Waals surface area contributed by atoms with Crippen molar-refractivity contribution in [2.45, 2.75) is 18.9 Å². The van der Waals surface area contributed by atoms with Gasteiger partial charge in [-0.15, -0.1) is 12.4 Å². The smallest absolute Gasteiger partial charge is 0.320 e. The molecule has 14 heavy (non-hydrogen) atoms. The van der Waals surface area contributed by atoms with E-state index in [2.05, 4.69) is 5.32 Å². The van der Waals surface area contributed by atoms with Gasteiger partial charge in [0.2, 0.25) is 0 Å². The van der Waals surface area contributed by atoms with Crippen LogP contribution in [-0.2, 0) is 4.79 Å². The van der Waals surface area contributed by atoms with Crippen LogP contribution in [0.5, 0.6) is 0 Å². The zero-order valence-electron chi connectivity index (χ0n) is 7.62. The molecule has 0 amide bonds. The molecule has 0 aromatic rings. The monoisotopic (exact) mass is 228 g/mol. The third-order valence-electron chi connectivity index (χ3n) is 1.32. The van der Waals surface area contributed by atoms with Gasteiger partial charge in [0, 0.05) is 6.54 Å². The second-order valence-corrected chi connectivity index (χ2v) is 2.43. The summed E-state index contributed by atoms with van der Waals surface area (Å²) >= 11 is 0. The van der Waals surface area contributed by atoms with Gasteiger partial charge in [-0.25, -0.2) is 0 Å². The van der Waals surface area contributed by atoms with Gasteiger partial charge in [-0.2, -0.15) is 0 Å². The normalized spacial score (nSPS) is 10.4. The molecule has 1 atom stereocenters. The van der Waals surface area contributed by atoms with Crippen LogP contribution in [0.15, 0.2) is 0 Å². The van der Waals surface area contributed by atoms with Gasteiger partial charge >= 0.3 is 5.97 Å². The molecular formula is C6H17ClN4O3. The molecule has 0 aliphatic heterocycles. The minimum absolute atomic E-state index is 0. The average Bonchev–Trinajstić information content (AvgIpc) is 1.97. The van der Waals surface area contributed by atoms with Crippen molar-refractivity contribution in [3.8, 4) is 0 Å². The largest absolute Gasteiger partial charge is 0.480 e. The molecule has 0 radical (unpaired) electrons. The topological polar surface area (TPSA) is 157 Å². The number of halogens is 1. The molecule has 0 aromatic heterocycles. The number of carboxylic acids is 1. The minimum Gasteiger partial charge on any atom is -0.480 e. The summed E-state index contributed by atoms with van der Waals surface area (Å²) in [5, 5.41) is 17.7. The fourth-order valence-electron chi connectivity index (χ4n) is 0.669. The van der Waals surface area contributed by atoms with Crippen LogP contribution in [-0.4, -0.2) is 35.1 Å². The van der Waals surface area contributed by atoms with Crippen molar-refractivity contribution in [3.63, 3.8) is 0 Å². The highest BCUT2D eigenvalue weighted by atomic mass is 35.5. The number of guanidine groups is 1. The number of carbonyl (C=O) groups is 1. The number of hydrogen-bond acceptors (Lipinski definition) is 3. The predicted octanol–water partition coefficient (Wildman–Crippen LogP) is -1.74. The van der Waals surface area contributed by atoms with Crippen LogP contribution in [0.25, 0.3) is 0 Å². The SMILES string of the molecule is Cl.N=C(N)NCCC[C@H](N)C(=O)O.O. The van der Waals surface area contributed by atoms with Crippen molar-refractivity contribution in [1.29, 1.82) is 5.41 Å². The highest BCUT2D eigenvalue weighted by Crippen LogP contribution is 1.92. The first-order valence-corrected chi connectivity index (χ1v) is 3.60. The fourth-order valence-corrected chi connectivity index (χ4v) is 0.669. The van der Waals surface area contributed by atoms with Crippen LogP contribution in [0.2, 0.25) is 0 Å². The van der Waals surface area contributed by atoms with Gasteiger partial charge in [-0.05, 0) is 12.8 Å². The third-order valence-corrected chi connectivity index (χ3v) is 1.32. The van der Waals surface area contributed by atoms with Crippen LogP contribution < -0.4 is 16.8 Å². The van der Waals surface area contributed by atoms with Crippen molar-refractivity contribution in [1.82, 2.24) is 5.32 Å². The van der Waals surface area contributed by atoms with Crippen LogP contribution >= 0.6 is 12.4 Å². The van der Waals surface area contributed by atoms with Crippen molar-refractivity contribution in [2.75, 3.05) is 6.54 Å². The minimum atomic E-state index is -1.00. The van der Waals surface area contributed by atoms with Crippen molar-refractivity contribution in [2.24, 2.45) is 11.5 Å². The fraction of sp³-hybridized carbons (Fsp3) is 0.667. The number of hydrogen-bond donors (Lipinski definition) is 5. The van der Waals surface area contributed by atoms with Gasteiger partial charge in [0.05, 0.1) is 0 Å². The zero-order valence-corrected chi connectivity index (χ0v) is 8.43. The van der Waals surface area contributed by atoms with Gasteiger partial charge in [-0.1, -0.05) is 0 Å². The summed E-state index contributed by atoms with van der Waals surface area (Å²) in [6.45, 7) is 0.482. The Balaban J connectivity index is -0.000000605. The summed E-state index contributed by atoms with van der Waals surface area (Å²) in [6, 6.07) is -0.821. The molecule has 0 unspecified atom stereocenters. The lowest BCUT2D eigenvalue weighted by molar-refractivity contribution is -0.138. The molecule has 0 fully saturated rings. The molecular weight excluding hydrogens is 212 g/mol. The summed E-state index contributed by atoms with van der Waals surface area (Å²) in [7, 11) is 0. The second-order valence-electron chi connectivity index (χ2n) is 2.43. The maximum atomic E-state index is 10.2. The number of rotatable bonds is 5. The van der Waals surface area contributed by atoms with E-state index in [1.54, 1.807) is 0 Å².